The number of rotatable bonds is 6. The van der Waals surface area contributed by atoms with Crippen molar-refractivity contribution in [1.29, 1.82) is 0 Å². The molecule has 1 atom stereocenters. The summed E-state index contributed by atoms with van der Waals surface area (Å²) in [6.45, 7) is 6.51. The number of nitrogens with two attached hydrogens (primary N) is 1. The predicted octanol–water partition coefficient (Wildman–Crippen LogP) is 3.41. The molecule has 3 rings (SSSR count). The molecule has 0 fully saturated rings. The molecule has 2 aromatic rings. The van der Waals surface area contributed by atoms with Crippen LogP contribution in [-0.4, -0.2) is 25.9 Å². The third-order valence-electron chi connectivity index (χ3n) is 4.59. The van der Waals surface area contributed by atoms with E-state index in [1.807, 2.05) is 17.9 Å². The Kier molecular flexibility index (Phi) is 5.79. The fourth-order valence-corrected chi connectivity index (χ4v) is 4.74. The molecule has 2 aromatic carbocycles. The van der Waals surface area contributed by atoms with Gasteiger partial charge < -0.3 is 15.7 Å². The van der Waals surface area contributed by atoms with E-state index in [1.54, 1.807) is 30.3 Å². The normalized spacial score (nSPS) is 15.4. The van der Waals surface area contributed by atoms with E-state index in [-0.39, 0.29) is 22.2 Å². The first-order chi connectivity index (χ1) is 13.2. The zero-order valence-electron chi connectivity index (χ0n) is 15.5. The van der Waals surface area contributed by atoms with Gasteiger partial charge in [0.05, 0.1) is 11.1 Å². The number of allylic oxidation sites excluding steroid dienone is 1. The van der Waals surface area contributed by atoms with Crippen molar-refractivity contribution in [3.63, 3.8) is 0 Å². The molecule has 6 nitrogen and oxygen atoms in total. The zero-order chi connectivity index (χ0) is 20.5. The summed E-state index contributed by atoms with van der Waals surface area (Å²) in [4.78, 5) is 1.83. The fraction of sp³-hybridized carbons (Fsp3) is 0.250. The molecule has 1 unspecified atom stereocenters. The van der Waals surface area contributed by atoms with E-state index in [0.717, 1.165) is 29.9 Å². The van der Waals surface area contributed by atoms with E-state index < -0.39 is 16.1 Å². The first-order valence-electron chi connectivity index (χ1n) is 8.77. The zero-order valence-corrected chi connectivity index (χ0v) is 17.0. The monoisotopic (exact) mass is 419 g/mol. The summed E-state index contributed by atoms with van der Waals surface area (Å²) >= 11 is 6.23. The molecular weight excluding hydrogens is 398 g/mol. The van der Waals surface area contributed by atoms with Crippen molar-refractivity contribution < 1.29 is 13.5 Å². The number of amidine groups is 1. The molecule has 148 valence electrons. The van der Waals surface area contributed by atoms with Gasteiger partial charge in [0.1, 0.15) is 10.7 Å². The third kappa shape index (κ3) is 4.22. The molecule has 0 aliphatic carbocycles. The summed E-state index contributed by atoms with van der Waals surface area (Å²) in [5.41, 5.74) is 8.98. The van der Waals surface area contributed by atoms with Crippen molar-refractivity contribution in [3.05, 3.63) is 70.9 Å². The second-order valence-corrected chi connectivity index (χ2v) is 8.72. The maximum absolute atomic E-state index is 12.8. The lowest BCUT2D eigenvalue weighted by Gasteiger charge is -2.19. The largest absolute Gasteiger partial charge is 0.388 e. The molecule has 0 bridgehead atoms. The Morgan fingerprint density at radius 3 is 2.68 bits per heavy atom. The lowest BCUT2D eigenvalue weighted by atomic mass is 10.1. The number of anilines is 1. The van der Waals surface area contributed by atoms with Crippen LogP contribution in [0.4, 0.5) is 5.69 Å². The van der Waals surface area contributed by atoms with Crippen molar-refractivity contribution in [1.82, 2.24) is 0 Å². The van der Waals surface area contributed by atoms with Crippen LogP contribution in [0.15, 0.2) is 64.0 Å². The van der Waals surface area contributed by atoms with Gasteiger partial charge in [-0.15, -0.1) is 4.40 Å². The molecular formula is C20H22ClN3O3S. The molecule has 0 aromatic heterocycles. The van der Waals surface area contributed by atoms with Crippen molar-refractivity contribution >= 4 is 33.1 Å². The molecule has 0 spiro atoms. The number of aliphatic hydroxyl groups excluding tert-OH is 1. The fourth-order valence-electron chi connectivity index (χ4n) is 3.21. The van der Waals surface area contributed by atoms with Crippen LogP contribution in [0.1, 0.15) is 30.6 Å². The van der Waals surface area contributed by atoms with Gasteiger partial charge in [0.2, 0.25) is 0 Å². The van der Waals surface area contributed by atoms with E-state index in [4.69, 9.17) is 17.3 Å². The van der Waals surface area contributed by atoms with Crippen LogP contribution in [0, 0.1) is 0 Å². The number of fused-ring (bicyclic) bond motifs is 1. The molecule has 0 saturated heterocycles. The SMILES string of the molecule is C=C(C)N1CCc2cc(Cl)c(S(=O)(=O)N=C(N)CC(O)c3ccccc3)cc21. The second-order valence-electron chi connectivity index (χ2n) is 6.74. The highest BCUT2D eigenvalue weighted by Crippen LogP contribution is 2.37. The lowest BCUT2D eigenvalue weighted by Crippen LogP contribution is -2.19. The van der Waals surface area contributed by atoms with E-state index in [1.165, 1.54) is 6.07 Å². The minimum absolute atomic E-state index is 0.0995. The first kappa shape index (κ1) is 20.4. The predicted molar refractivity (Wildman–Crippen MR) is 112 cm³/mol. The molecule has 0 radical (unpaired) electrons. The van der Waals surface area contributed by atoms with E-state index in [0.29, 0.717) is 5.56 Å². The van der Waals surface area contributed by atoms with Crippen molar-refractivity contribution in [3.8, 4) is 0 Å². The number of nitrogens with zero attached hydrogens (tertiary/aromatic N) is 2. The topological polar surface area (TPSA) is 96.0 Å². The van der Waals surface area contributed by atoms with Crippen LogP contribution in [0.25, 0.3) is 0 Å². The number of aliphatic hydroxyl groups is 1. The van der Waals surface area contributed by atoms with Crippen LogP contribution in [0.5, 0.6) is 0 Å². The van der Waals surface area contributed by atoms with Crippen LogP contribution in [0.2, 0.25) is 5.02 Å². The Bertz CT molecular complexity index is 1040. The Balaban J connectivity index is 1.89. The minimum atomic E-state index is -4.13. The van der Waals surface area contributed by atoms with Gasteiger partial charge in [-0.2, -0.15) is 8.42 Å². The number of benzene rings is 2. The maximum Gasteiger partial charge on any atom is 0.285 e. The van der Waals surface area contributed by atoms with Crippen LogP contribution in [0.3, 0.4) is 0 Å². The van der Waals surface area contributed by atoms with Gasteiger partial charge in [-0.1, -0.05) is 48.5 Å². The highest BCUT2D eigenvalue weighted by Gasteiger charge is 2.26. The summed E-state index contributed by atoms with van der Waals surface area (Å²) in [6, 6.07) is 12.0. The molecule has 1 heterocycles. The minimum Gasteiger partial charge on any atom is -0.388 e. The van der Waals surface area contributed by atoms with E-state index in [2.05, 4.69) is 11.0 Å². The van der Waals surface area contributed by atoms with Crippen LogP contribution < -0.4 is 10.6 Å². The average Bonchev–Trinajstić information content (AvgIpc) is 3.04. The van der Waals surface area contributed by atoms with Gasteiger partial charge in [0.25, 0.3) is 10.0 Å². The molecule has 0 saturated carbocycles. The number of hydrogen-bond donors (Lipinski definition) is 2. The summed E-state index contributed by atoms with van der Waals surface area (Å²) < 4.78 is 29.2. The van der Waals surface area contributed by atoms with Gasteiger partial charge in [-0.05, 0) is 36.6 Å². The third-order valence-corrected chi connectivity index (χ3v) is 6.38. The highest BCUT2D eigenvalue weighted by molar-refractivity contribution is 7.90. The first-order valence-corrected chi connectivity index (χ1v) is 10.6. The van der Waals surface area contributed by atoms with E-state index in [9.17, 15) is 13.5 Å². The average molecular weight is 420 g/mol. The van der Waals surface area contributed by atoms with Gasteiger partial charge in [-0.25, -0.2) is 0 Å². The summed E-state index contributed by atoms with van der Waals surface area (Å²) in [7, 11) is -4.13. The molecule has 8 heteroatoms. The summed E-state index contributed by atoms with van der Waals surface area (Å²) in [5.74, 6) is -0.190. The van der Waals surface area contributed by atoms with Crippen molar-refractivity contribution in [2.45, 2.75) is 30.8 Å². The van der Waals surface area contributed by atoms with Crippen LogP contribution >= 0.6 is 11.6 Å². The summed E-state index contributed by atoms with van der Waals surface area (Å²) in [5, 5.41) is 10.3. The smallest absolute Gasteiger partial charge is 0.285 e. The lowest BCUT2D eigenvalue weighted by molar-refractivity contribution is 0.186. The van der Waals surface area contributed by atoms with Gasteiger partial charge in [0.15, 0.2) is 0 Å². The van der Waals surface area contributed by atoms with Gasteiger partial charge >= 0.3 is 0 Å². The van der Waals surface area contributed by atoms with E-state index >= 15 is 0 Å². The standard InChI is InChI=1S/C20H22ClN3O3S/c1-13(2)24-9-8-15-10-16(21)19(11-17(15)24)28(26,27)23-20(22)12-18(25)14-6-4-3-5-7-14/h3-7,10-11,18,25H,1,8-9,12H2,2H3,(H2,22,23). The number of sulfonamides is 1. The molecule has 1 aliphatic heterocycles. The Morgan fingerprint density at radius 2 is 2.04 bits per heavy atom. The Hall–Kier alpha value is -2.35. The Morgan fingerprint density at radius 1 is 1.36 bits per heavy atom. The van der Waals surface area contributed by atoms with Gasteiger partial charge in [0, 0.05) is 24.4 Å². The second kappa shape index (κ2) is 7.95. The van der Waals surface area contributed by atoms with Crippen molar-refractivity contribution in [2.24, 2.45) is 10.1 Å². The Labute approximate surface area is 170 Å². The molecule has 0 amide bonds. The highest BCUT2D eigenvalue weighted by atomic mass is 35.5. The number of halogens is 1. The van der Waals surface area contributed by atoms with Crippen LogP contribution in [-0.2, 0) is 16.4 Å². The number of hydrogen-bond acceptors (Lipinski definition) is 4. The molecule has 1 aliphatic rings. The van der Waals surface area contributed by atoms with Gasteiger partial charge in [-0.3, -0.25) is 0 Å². The van der Waals surface area contributed by atoms with Crippen molar-refractivity contribution in [2.75, 3.05) is 11.4 Å². The maximum atomic E-state index is 12.8. The molecule has 3 N–H and O–H groups in total. The quantitative estimate of drug-likeness (QED) is 0.552. The molecule has 28 heavy (non-hydrogen) atoms. The summed E-state index contributed by atoms with van der Waals surface area (Å²) in [6.07, 6.45) is -0.296.